The van der Waals surface area contributed by atoms with Crippen molar-refractivity contribution in [2.24, 2.45) is 0 Å². The lowest BCUT2D eigenvalue weighted by Crippen LogP contribution is -2.15. The zero-order valence-electron chi connectivity index (χ0n) is 9.02. The molecule has 0 spiro atoms. The number of carboxylic acids is 1. The van der Waals surface area contributed by atoms with Crippen LogP contribution in [0.15, 0.2) is 5.57 Å². The molecule has 0 fully saturated rings. The topological polar surface area (TPSA) is 79.6 Å². The maximum absolute atomic E-state index is 10.8. The average Bonchev–Trinajstić information content (AvgIpc) is 2.74. The van der Waals surface area contributed by atoms with Gasteiger partial charge < -0.3 is 14.6 Å². The second-order valence-corrected chi connectivity index (χ2v) is 4.30. The monoisotopic (exact) mass is 260 g/mol. The average molecular weight is 260 g/mol. The summed E-state index contributed by atoms with van der Waals surface area (Å²) in [5.74, 6) is 1.65. The summed E-state index contributed by atoms with van der Waals surface area (Å²) in [6.07, 6.45) is 8.34. The summed E-state index contributed by atoms with van der Waals surface area (Å²) >= 11 is 1.10. The first-order chi connectivity index (χ1) is 8.67. The van der Waals surface area contributed by atoms with Gasteiger partial charge in [0.25, 0.3) is 0 Å². The van der Waals surface area contributed by atoms with Crippen LogP contribution < -0.4 is 9.47 Å². The molecule has 89 valence electrons. The van der Waals surface area contributed by atoms with Crippen LogP contribution in [0.5, 0.6) is 11.5 Å². The van der Waals surface area contributed by atoms with E-state index in [9.17, 15) is 4.79 Å². The summed E-state index contributed by atoms with van der Waals surface area (Å²) in [5.41, 5.74) is -0.398. The van der Waals surface area contributed by atoms with E-state index < -0.39 is 11.5 Å². The molecule has 0 aromatic carbocycles. The first kappa shape index (κ1) is 12.0. The third-order valence-corrected chi connectivity index (χ3v) is 3.18. The van der Waals surface area contributed by atoms with Gasteiger partial charge in [-0.2, -0.15) is 5.26 Å². The van der Waals surface area contributed by atoms with Crippen molar-refractivity contribution in [2.75, 3.05) is 13.2 Å². The van der Waals surface area contributed by atoms with Gasteiger partial charge in [0.15, 0.2) is 11.5 Å². The van der Waals surface area contributed by atoms with Crippen LogP contribution in [0.3, 0.4) is 0 Å². The van der Waals surface area contributed by atoms with E-state index in [0.29, 0.717) is 34.5 Å². The van der Waals surface area contributed by atoms with Crippen LogP contribution in [0.2, 0.25) is 0 Å². The highest BCUT2D eigenvalue weighted by atomic mass is 32.1. The standard InChI is InChI=1S/C12H6NO4S/c1-2-8-10-11(17-4-3-16-10)9(18-8)5-7(6-13)12(14)15/h5H,3-4H2,(H,14,15)/b7-5+. The van der Waals surface area contributed by atoms with Gasteiger partial charge in [-0.1, -0.05) is 0 Å². The van der Waals surface area contributed by atoms with Gasteiger partial charge in [0.05, 0.1) is 4.88 Å². The van der Waals surface area contributed by atoms with Gasteiger partial charge in [0.1, 0.15) is 29.7 Å². The molecule has 5 nitrogen and oxygen atoms in total. The zero-order valence-corrected chi connectivity index (χ0v) is 9.84. The van der Waals surface area contributed by atoms with Gasteiger partial charge in [0.2, 0.25) is 0 Å². The third kappa shape index (κ3) is 2.02. The van der Waals surface area contributed by atoms with Crippen molar-refractivity contribution in [1.29, 1.82) is 5.26 Å². The Morgan fingerprint density at radius 3 is 2.67 bits per heavy atom. The summed E-state index contributed by atoms with van der Waals surface area (Å²) in [5, 5.41) is 17.5. The van der Waals surface area contributed by atoms with Crippen LogP contribution in [-0.4, -0.2) is 24.3 Å². The highest BCUT2D eigenvalue weighted by molar-refractivity contribution is 7.14. The highest BCUT2D eigenvalue weighted by Gasteiger charge is 2.23. The third-order valence-electron chi connectivity index (χ3n) is 2.16. The minimum atomic E-state index is -1.31. The van der Waals surface area contributed by atoms with Gasteiger partial charge >= 0.3 is 5.97 Å². The van der Waals surface area contributed by atoms with Crippen LogP contribution in [0, 0.1) is 23.7 Å². The van der Waals surface area contributed by atoms with Gasteiger partial charge in [-0.3, -0.25) is 0 Å². The van der Waals surface area contributed by atoms with E-state index in [-0.39, 0.29) is 0 Å². The van der Waals surface area contributed by atoms with Gasteiger partial charge in [0, 0.05) is 0 Å². The van der Waals surface area contributed by atoms with Gasteiger partial charge in [-0.25, -0.2) is 4.79 Å². The lowest BCUT2D eigenvalue weighted by Gasteiger charge is -2.15. The van der Waals surface area contributed by atoms with E-state index in [2.05, 4.69) is 5.92 Å². The van der Waals surface area contributed by atoms with E-state index in [1.165, 1.54) is 6.08 Å². The first-order valence-electron chi connectivity index (χ1n) is 4.87. The van der Waals surface area contributed by atoms with Gasteiger partial charge in [-0.15, -0.1) is 11.3 Å². The van der Waals surface area contributed by atoms with Crippen molar-refractivity contribution in [3.63, 3.8) is 0 Å². The number of carbonyl (C=O) groups is 1. The smallest absolute Gasteiger partial charge is 0.346 e. The fraction of sp³-hybridized carbons (Fsp3) is 0.167. The Bertz CT molecular complexity index is 615. The molecule has 0 aliphatic carbocycles. The molecule has 1 aliphatic heterocycles. The highest BCUT2D eigenvalue weighted by Crippen LogP contribution is 2.44. The van der Waals surface area contributed by atoms with Crippen molar-refractivity contribution in [1.82, 2.24) is 0 Å². The molecule has 0 unspecified atom stereocenters. The van der Waals surface area contributed by atoms with Crippen molar-refractivity contribution >= 4 is 23.4 Å². The Hall–Kier alpha value is -2.44. The number of aliphatic carboxylic acids is 1. The second kappa shape index (κ2) is 4.82. The number of hydrogen-bond acceptors (Lipinski definition) is 5. The molecule has 2 heterocycles. The maximum atomic E-state index is 10.8. The number of nitrogens with zero attached hydrogens (tertiary/aromatic N) is 1. The molecule has 1 radical (unpaired) electrons. The Balaban J connectivity index is 2.53. The Labute approximate surface area is 107 Å². The predicted octanol–water partition coefficient (Wildman–Crippen LogP) is 1.45. The number of nitriles is 1. The van der Waals surface area contributed by atoms with Crippen LogP contribution in [0.1, 0.15) is 9.75 Å². The normalized spacial score (nSPS) is 13.6. The van der Waals surface area contributed by atoms with Crippen molar-refractivity contribution < 1.29 is 19.4 Å². The molecule has 1 N–H and O–H groups in total. The fourth-order valence-electron chi connectivity index (χ4n) is 1.42. The first-order valence-corrected chi connectivity index (χ1v) is 5.69. The summed E-state index contributed by atoms with van der Waals surface area (Å²) in [6.45, 7) is 0.711. The van der Waals surface area contributed by atoms with Crippen LogP contribution in [0.25, 0.3) is 6.08 Å². The van der Waals surface area contributed by atoms with Crippen LogP contribution >= 0.6 is 11.3 Å². The molecule has 6 heteroatoms. The number of ether oxygens (including phenoxy) is 2. The van der Waals surface area contributed by atoms with E-state index in [4.69, 9.17) is 26.3 Å². The van der Waals surface area contributed by atoms with E-state index in [1.807, 2.05) is 0 Å². The fourth-order valence-corrected chi connectivity index (χ4v) is 2.36. The molecule has 0 saturated carbocycles. The lowest BCUT2D eigenvalue weighted by atomic mass is 10.2. The maximum Gasteiger partial charge on any atom is 0.346 e. The molecule has 0 amide bonds. The number of carboxylic acid groups (broad SMARTS) is 1. The van der Waals surface area contributed by atoms with E-state index in [0.717, 1.165) is 11.3 Å². The number of hydrogen-bond donors (Lipinski definition) is 1. The number of thiophene rings is 1. The lowest BCUT2D eigenvalue weighted by molar-refractivity contribution is -0.132. The molecule has 1 aliphatic rings. The molecule has 0 saturated heterocycles. The summed E-state index contributed by atoms with van der Waals surface area (Å²) < 4.78 is 10.7. The van der Waals surface area contributed by atoms with Crippen molar-refractivity contribution in [2.45, 2.75) is 0 Å². The van der Waals surface area contributed by atoms with E-state index >= 15 is 0 Å². The minimum absolute atomic E-state index is 0.344. The summed E-state index contributed by atoms with van der Waals surface area (Å²) in [7, 11) is 0. The summed E-state index contributed by atoms with van der Waals surface area (Å²) in [4.78, 5) is 11.6. The van der Waals surface area contributed by atoms with Crippen molar-refractivity contribution in [3.8, 4) is 23.5 Å². The number of fused-ring (bicyclic) bond motifs is 1. The largest absolute Gasteiger partial charge is 0.485 e. The quantitative estimate of drug-likeness (QED) is 0.494. The predicted molar refractivity (Wildman–Crippen MR) is 62.8 cm³/mol. The molecule has 2 rings (SSSR count). The molecule has 1 aromatic rings. The SMILES string of the molecule is [C]#Cc1sc(/C=C(\C#N)C(=O)O)c2c1OCCO2. The minimum Gasteiger partial charge on any atom is -0.485 e. The van der Waals surface area contributed by atoms with Crippen LogP contribution in [-0.2, 0) is 4.79 Å². The Kier molecular flexibility index (Phi) is 3.22. The molecule has 18 heavy (non-hydrogen) atoms. The molecule has 0 atom stereocenters. The molecular formula is C12H6NO4S. The zero-order chi connectivity index (χ0) is 13.1. The number of rotatable bonds is 2. The van der Waals surface area contributed by atoms with Crippen molar-refractivity contribution in [3.05, 3.63) is 21.8 Å². The Morgan fingerprint density at radius 2 is 2.11 bits per heavy atom. The Morgan fingerprint density at radius 1 is 1.44 bits per heavy atom. The van der Waals surface area contributed by atoms with Gasteiger partial charge in [-0.05, 0) is 18.4 Å². The second-order valence-electron chi connectivity index (χ2n) is 3.25. The van der Waals surface area contributed by atoms with Crippen LogP contribution in [0.4, 0.5) is 0 Å². The summed E-state index contributed by atoms with van der Waals surface area (Å²) in [6, 6.07) is 1.59. The molecule has 1 aromatic heterocycles. The molecule has 0 bridgehead atoms. The molecular weight excluding hydrogens is 254 g/mol. The van der Waals surface area contributed by atoms with E-state index in [1.54, 1.807) is 6.07 Å².